The Hall–Kier alpha value is -0.160. The van der Waals surface area contributed by atoms with Crippen molar-refractivity contribution < 1.29 is 4.74 Å². The summed E-state index contributed by atoms with van der Waals surface area (Å²) in [6.45, 7) is 13.9. The van der Waals surface area contributed by atoms with E-state index in [4.69, 9.17) is 4.74 Å². The summed E-state index contributed by atoms with van der Waals surface area (Å²) in [6.07, 6.45) is 1.29. The largest absolute Gasteiger partial charge is 0.383 e. The molecule has 106 valence electrons. The maximum absolute atomic E-state index is 5.16. The van der Waals surface area contributed by atoms with Crippen molar-refractivity contribution in [1.29, 1.82) is 0 Å². The minimum Gasteiger partial charge on any atom is -0.383 e. The molecule has 0 spiro atoms. The van der Waals surface area contributed by atoms with Gasteiger partial charge in [0.15, 0.2) is 0 Å². The lowest BCUT2D eigenvalue weighted by Crippen LogP contribution is -2.60. The molecule has 4 nitrogen and oxygen atoms in total. The fourth-order valence-electron chi connectivity index (χ4n) is 3.23. The topological polar surface area (TPSA) is 27.7 Å². The first-order valence-electron chi connectivity index (χ1n) is 7.29. The van der Waals surface area contributed by atoms with Crippen molar-refractivity contribution in [3.8, 4) is 0 Å². The average Bonchev–Trinajstić information content (AvgIpc) is 2.37. The molecule has 4 heteroatoms. The predicted molar refractivity (Wildman–Crippen MR) is 74.9 cm³/mol. The van der Waals surface area contributed by atoms with Gasteiger partial charge in [0.1, 0.15) is 0 Å². The van der Waals surface area contributed by atoms with Crippen LogP contribution in [-0.2, 0) is 4.74 Å². The molecule has 1 N–H and O–H groups in total. The maximum Gasteiger partial charge on any atom is 0.0589 e. The highest BCUT2D eigenvalue weighted by atomic mass is 16.5. The second kappa shape index (κ2) is 6.33. The van der Waals surface area contributed by atoms with E-state index in [1.54, 1.807) is 7.11 Å². The summed E-state index contributed by atoms with van der Waals surface area (Å²) in [5.74, 6) is 0. The Morgan fingerprint density at radius 2 is 1.94 bits per heavy atom. The predicted octanol–water partition coefficient (Wildman–Crippen LogP) is 0.639. The van der Waals surface area contributed by atoms with E-state index in [1.807, 2.05) is 0 Å². The van der Waals surface area contributed by atoms with Crippen LogP contribution in [0.3, 0.4) is 0 Å². The lowest BCUT2D eigenvalue weighted by Gasteiger charge is -2.48. The highest BCUT2D eigenvalue weighted by Crippen LogP contribution is 2.31. The lowest BCUT2D eigenvalue weighted by atomic mass is 9.77. The second-order valence-electron chi connectivity index (χ2n) is 6.33. The Kier molecular flexibility index (Phi) is 5.01. The number of hydrogen-bond donors (Lipinski definition) is 1. The number of hydrogen-bond acceptors (Lipinski definition) is 4. The monoisotopic (exact) mass is 255 g/mol. The molecular weight excluding hydrogens is 226 g/mol. The number of nitrogens with zero attached hydrogens (tertiary/aromatic N) is 2. The van der Waals surface area contributed by atoms with E-state index >= 15 is 0 Å². The van der Waals surface area contributed by atoms with Gasteiger partial charge in [-0.3, -0.25) is 9.80 Å². The maximum atomic E-state index is 5.16. The van der Waals surface area contributed by atoms with Gasteiger partial charge in [0.25, 0.3) is 0 Å². The van der Waals surface area contributed by atoms with Crippen molar-refractivity contribution in [3.05, 3.63) is 0 Å². The van der Waals surface area contributed by atoms with Crippen molar-refractivity contribution in [2.24, 2.45) is 5.41 Å². The minimum atomic E-state index is 0.458. The Balaban J connectivity index is 1.81. The van der Waals surface area contributed by atoms with E-state index in [-0.39, 0.29) is 0 Å². The molecule has 2 saturated heterocycles. The van der Waals surface area contributed by atoms with Crippen LogP contribution in [0.1, 0.15) is 20.3 Å². The number of ether oxygens (including phenoxy) is 1. The Labute approximate surface area is 112 Å². The number of rotatable bonds is 4. The molecule has 2 rings (SSSR count). The van der Waals surface area contributed by atoms with Gasteiger partial charge < -0.3 is 10.1 Å². The fraction of sp³-hybridized carbons (Fsp3) is 1.00. The molecule has 0 radical (unpaired) electrons. The third kappa shape index (κ3) is 3.44. The van der Waals surface area contributed by atoms with Crippen molar-refractivity contribution >= 4 is 0 Å². The van der Waals surface area contributed by atoms with E-state index in [9.17, 15) is 0 Å². The van der Waals surface area contributed by atoms with Gasteiger partial charge in [0.2, 0.25) is 0 Å². The van der Waals surface area contributed by atoms with Gasteiger partial charge in [-0.05, 0) is 18.4 Å². The third-order valence-electron chi connectivity index (χ3n) is 4.65. The van der Waals surface area contributed by atoms with Gasteiger partial charge in [0, 0.05) is 52.4 Å². The van der Waals surface area contributed by atoms with Crippen LogP contribution < -0.4 is 5.32 Å². The molecule has 0 aromatic rings. The van der Waals surface area contributed by atoms with Gasteiger partial charge >= 0.3 is 0 Å². The van der Waals surface area contributed by atoms with Crippen LogP contribution in [0.15, 0.2) is 0 Å². The molecule has 2 fully saturated rings. The van der Waals surface area contributed by atoms with Crippen LogP contribution in [0.2, 0.25) is 0 Å². The number of piperazine rings is 1. The summed E-state index contributed by atoms with van der Waals surface area (Å²) in [7, 11) is 1.78. The van der Waals surface area contributed by atoms with E-state index in [2.05, 4.69) is 29.0 Å². The van der Waals surface area contributed by atoms with Crippen molar-refractivity contribution in [3.63, 3.8) is 0 Å². The standard InChI is InChI=1S/C14H29N3O/c1-14(2)4-5-15-12-13(14)17-8-6-16(7-9-17)10-11-18-3/h13,15H,4-12H2,1-3H3. The van der Waals surface area contributed by atoms with Gasteiger partial charge in [-0.1, -0.05) is 13.8 Å². The van der Waals surface area contributed by atoms with Crippen LogP contribution in [0.25, 0.3) is 0 Å². The minimum absolute atomic E-state index is 0.458. The van der Waals surface area contributed by atoms with Crippen LogP contribution in [0.4, 0.5) is 0 Å². The van der Waals surface area contributed by atoms with Gasteiger partial charge in [0.05, 0.1) is 6.61 Å². The van der Waals surface area contributed by atoms with Crippen LogP contribution >= 0.6 is 0 Å². The summed E-state index contributed by atoms with van der Waals surface area (Å²) >= 11 is 0. The molecule has 0 bridgehead atoms. The molecule has 0 aromatic heterocycles. The molecule has 2 aliphatic rings. The summed E-state index contributed by atoms with van der Waals surface area (Å²) in [5.41, 5.74) is 0.458. The summed E-state index contributed by atoms with van der Waals surface area (Å²) in [5, 5.41) is 3.56. The van der Waals surface area contributed by atoms with Crippen LogP contribution in [-0.4, -0.2) is 75.4 Å². The second-order valence-corrected chi connectivity index (χ2v) is 6.33. The van der Waals surface area contributed by atoms with E-state index in [0.717, 1.165) is 19.7 Å². The molecule has 1 atom stereocenters. The molecule has 18 heavy (non-hydrogen) atoms. The molecule has 0 aromatic carbocycles. The molecule has 0 amide bonds. The van der Waals surface area contributed by atoms with E-state index in [0.29, 0.717) is 11.5 Å². The Bertz CT molecular complexity index is 249. The van der Waals surface area contributed by atoms with Crippen molar-refractivity contribution in [1.82, 2.24) is 15.1 Å². The van der Waals surface area contributed by atoms with Crippen LogP contribution in [0.5, 0.6) is 0 Å². The SMILES string of the molecule is COCCN1CCN(C2CNCCC2(C)C)CC1. The summed E-state index contributed by atoms with van der Waals surface area (Å²) in [6, 6.07) is 0.704. The molecule has 0 aliphatic carbocycles. The van der Waals surface area contributed by atoms with Gasteiger partial charge in [-0.15, -0.1) is 0 Å². The Morgan fingerprint density at radius 1 is 1.22 bits per heavy atom. The zero-order valence-corrected chi connectivity index (χ0v) is 12.2. The first-order chi connectivity index (χ1) is 8.63. The van der Waals surface area contributed by atoms with Gasteiger partial charge in [-0.25, -0.2) is 0 Å². The highest BCUT2D eigenvalue weighted by molar-refractivity contribution is 4.93. The lowest BCUT2D eigenvalue weighted by molar-refractivity contribution is 0.0161. The Morgan fingerprint density at radius 3 is 2.56 bits per heavy atom. The van der Waals surface area contributed by atoms with Crippen molar-refractivity contribution in [2.75, 3.05) is 59.5 Å². The smallest absolute Gasteiger partial charge is 0.0589 e. The summed E-state index contributed by atoms with van der Waals surface area (Å²) in [4.78, 5) is 5.21. The van der Waals surface area contributed by atoms with Crippen LogP contribution in [0, 0.1) is 5.41 Å². The first-order valence-corrected chi connectivity index (χ1v) is 7.29. The van der Waals surface area contributed by atoms with E-state index < -0.39 is 0 Å². The average molecular weight is 255 g/mol. The first kappa shape index (κ1) is 14.3. The highest BCUT2D eigenvalue weighted by Gasteiger charge is 2.37. The molecule has 2 heterocycles. The third-order valence-corrected chi connectivity index (χ3v) is 4.65. The molecular formula is C14H29N3O. The normalized spacial score (nSPS) is 30.5. The van der Waals surface area contributed by atoms with Gasteiger partial charge in [-0.2, -0.15) is 0 Å². The van der Waals surface area contributed by atoms with E-state index in [1.165, 1.54) is 39.1 Å². The molecule has 1 unspecified atom stereocenters. The number of piperidine rings is 1. The zero-order valence-electron chi connectivity index (χ0n) is 12.2. The molecule has 2 aliphatic heterocycles. The zero-order chi connectivity index (χ0) is 13.0. The number of nitrogens with one attached hydrogen (secondary N) is 1. The number of methoxy groups -OCH3 is 1. The van der Waals surface area contributed by atoms with Crippen molar-refractivity contribution in [2.45, 2.75) is 26.3 Å². The fourth-order valence-corrected chi connectivity index (χ4v) is 3.23. The summed E-state index contributed by atoms with van der Waals surface area (Å²) < 4.78 is 5.16. The quantitative estimate of drug-likeness (QED) is 0.798. The molecule has 0 saturated carbocycles.